The Hall–Kier alpha value is -1.41. The third kappa shape index (κ3) is 6.58. The fraction of sp³-hybridized carbons (Fsp3) is 0.619. The van der Waals surface area contributed by atoms with E-state index in [9.17, 15) is 14.7 Å². The number of thioether (sulfide) groups is 1. The van der Waals surface area contributed by atoms with Crippen LogP contribution in [0, 0.1) is 5.92 Å². The summed E-state index contributed by atoms with van der Waals surface area (Å²) in [7, 11) is 1.38. The van der Waals surface area contributed by atoms with Crippen LogP contribution >= 0.6 is 11.8 Å². The Morgan fingerprint density at radius 2 is 1.82 bits per heavy atom. The van der Waals surface area contributed by atoms with E-state index >= 15 is 0 Å². The standard InChI is InChI=1S/C21H34N2O4S/c1-7-23(8-2)14-27-17-9-11-18(12-10-17)28-20(26)21(22-6,13-15(3)4)19(25)16(5)24/h9-12,15-16,22,24H,7-8,13-14H2,1-6H3/t16?,21-/m1/s1/i/hD. The van der Waals surface area contributed by atoms with Crippen molar-refractivity contribution in [2.24, 2.45) is 5.92 Å². The molecule has 0 aliphatic carbocycles. The number of hydrogen-bond donors (Lipinski definition) is 2. The first-order valence-electron chi connectivity index (χ1n) is 10.2. The van der Waals surface area contributed by atoms with Crippen LogP contribution in [-0.4, -0.2) is 59.4 Å². The number of likely N-dealkylation sites (N-methyl/N-ethyl adjacent to an activating group) is 1. The fourth-order valence-electron chi connectivity index (χ4n) is 2.88. The summed E-state index contributed by atoms with van der Waals surface area (Å²) >= 11 is 0.910. The third-order valence-corrected chi connectivity index (χ3v) is 5.58. The first kappa shape index (κ1) is 22.9. The first-order chi connectivity index (χ1) is 13.6. The lowest BCUT2D eigenvalue weighted by Crippen LogP contribution is -2.59. The van der Waals surface area contributed by atoms with Crippen LogP contribution in [0.1, 0.15) is 41.0 Å². The highest BCUT2D eigenvalue weighted by Crippen LogP contribution is 2.31. The number of carbonyl (C=O) groups is 2. The number of nitrogens with one attached hydrogen (secondary N) is 1. The van der Waals surface area contributed by atoms with Crippen LogP contribution in [-0.2, 0) is 9.59 Å². The molecule has 28 heavy (non-hydrogen) atoms. The molecule has 1 unspecified atom stereocenters. The van der Waals surface area contributed by atoms with Gasteiger partial charge in [-0.05, 0) is 75.4 Å². The Kier molecular flexibility index (Phi) is 9.44. The van der Waals surface area contributed by atoms with Crippen LogP contribution in [0.2, 0.25) is 1.41 Å². The molecule has 0 aromatic heterocycles. The number of nitrogens with zero attached hydrogens (tertiary/aromatic N) is 1. The molecule has 0 spiro atoms. The van der Waals surface area contributed by atoms with E-state index in [1.54, 1.807) is 24.3 Å². The molecule has 1 rings (SSSR count). The summed E-state index contributed by atoms with van der Waals surface area (Å²) in [6.07, 6.45) is -1.17. The van der Waals surface area contributed by atoms with E-state index in [0.29, 0.717) is 17.4 Å². The molecule has 0 radical (unpaired) electrons. The second-order valence-electron chi connectivity index (χ2n) is 7.16. The van der Waals surface area contributed by atoms with Crippen LogP contribution in [0.25, 0.3) is 0 Å². The maximum atomic E-state index is 13.2. The van der Waals surface area contributed by atoms with Gasteiger partial charge in [0.05, 0.1) is 0 Å². The molecule has 1 aromatic rings. The zero-order valence-corrected chi connectivity index (χ0v) is 18.6. The van der Waals surface area contributed by atoms with E-state index < -0.39 is 22.5 Å². The zero-order valence-electron chi connectivity index (χ0n) is 18.8. The topological polar surface area (TPSA) is 78.9 Å². The molecule has 2 N–H and O–H groups in total. The van der Waals surface area contributed by atoms with Crippen molar-refractivity contribution in [3.05, 3.63) is 24.3 Å². The minimum Gasteiger partial charge on any atom is -0.478 e. The average Bonchev–Trinajstić information content (AvgIpc) is 2.66. The zero-order chi connectivity index (χ0) is 22.2. The van der Waals surface area contributed by atoms with Crippen LogP contribution in [0.15, 0.2) is 29.2 Å². The van der Waals surface area contributed by atoms with Gasteiger partial charge in [0.25, 0.3) is 0 Å². The monoisotopic (exact) mass is 411 g/mol. The molecule has 0 heterocycles. The smallest absolute Gasteiger partial charge is 0.221 e. The molecule has 7 heteroatoms. The molecule has 158 valence electrons. The van der Waals surface area contributed by atoms with Gasteiger partial charge in [0.1, 0.15) is 20.0 Å². The number of benzene rings is 1. The molecule has 0 amide bonds. The second kappa shape index (κ2) is 11.6. The molecule has 1 aromatic carbocycles. The van der Waals surface area contributed by atoms with Crippen molar-refractivity contribution in [1.29, 1.82) is 0 Å². The first-order valence-corrected chi connectivity index (χ1v) is 10.5. The number of carbonyl (C=O) groups excluding carboxylic acids is 2. The van der Waals surface area contributed by atoms with Gasteiger partial charge in [0.2, 0.25) is 5.12 Å². The highest BCUT2D eigenvalue weighted by molar-refractivity contribution is 8.14. The second-order valence-corrected chi connectivity index (χ2v) is 8.21. The number of hydrogen-bond acceptors (Lipinski definition) is 7. The summed E-state index contributed by atoms with van der Waals surface area (Å²) < 4.78 is 13.8. The van der Waals surface area contributed by atoms with E-state index in [1.165, 1.54) is 14.0 Å². The quantitative estimate of drug-likeness (QED) is 0.311. The minimum atomic E-state index is -1.70. The lowest BCUT2D eigenvalue weighted by Gasteiger charge is -2.32. The molecule has 6 nitrogen and oxygen atoms in total. The molecule has 0 aliphatic rings. The van der Waals surface area contributed by atoms with Crippen molar-refractivity contribution < 1.29 is 20.8 Å². The highest BCUT2D eigenvalue weighted by atomic mass is 32.2. The molecule has 0 bridgehead atoms. The normalized spacial score (nSPS) is 15.4. The third-order valence-electron chi connectivity index (χ3n) is 4.55. The predicted octanol–water partition coefficient (Wildman–Crippen LogP) is 2.94. The van der Waals surface area contributed by atoms with Gasteiger partial charge in [-0.25, -0.2) is 0 Å². The summed E-state index contributed by atoms with van der Waals surface area (Å²) in [6.45, 7) is 11.5. The summed E-state index contributed by atoms with van der Waals surface area (Å²) in [5.41, 5.74) is -1.70. The van der Waals surface area contributed by atoms with E-state index in [1.807, 2.05) is 13.8 Å². The van der Waals surface area contributed by atoms with Crippen LogP contribution < -0.4 is 10.0 Å². The number of aliphatic hydroxyl groups is 1. The molecule has 0 saturated heterocycles. The van der Waals surface area contributed by atoms with Crippen molar-refractivity contribution in [3.8, 4) is 5.75 Å². The Morgan fingerprint density at radius 3 is 2.25 bits per heavy atom. The highest BCUT2D eigenvalue weighted by Gasteiger charge is 2.46. The lowest BCUT2D eigenvalue weighted by molar-refractivity contribution is -0.138. The Bertz CT molecular complexity index is 663. The number of ketones is 1. The SMILES string of the molecule is [2H]N(C)[C@@](CC(C)C)(C(=O)Sc1ccc(OCN(CC)CC)cc1)C(=O)C(C)O. The largest absolute Gasteiger partial charge is 0.478 e. The average molecular weight is 412 g/mol. The van der Waals surface area contributed by atoms with Crippen LogP contribution in [0.4, 0.5) is 0 Å². The lowest BCUT2D eigenvalue weighted by atomic mass is 9.84. The molecule has 0 saturated carbocycles. The summed E-state index contributed by atoms with van der Waals surface area (Å²) in [5.74, 6) is 0.0334. The van der Waals surface area contributed by atoms with Gasteiger partial charge >= 0.3 is 0 Å². The summed E-state index contributed by atoms with van der Waals surface area (Å²) in [5, 5.41) is 10.3. The summed E-state index contributed by atoms with van der Waals surface area (Å²) in [4.78, 5) is 28.7. The van der Waals surface area contributed by atoms with Crippen molar-refractivity contribution in [2.75, 3.05) is 26.9 Å². The van der Waals surface area contributed by atoms with Crippen LogP contribution in [0.5, 0.6) is 5.75 Å². The van der Waals surface area contributed by atoms with Crippen molar-refractivity contribution in [2.45, 2.75) is 57.6 Å². The number of rotatable bonds is 12. The van der Waals surface area contributed by atoms with Gasteiger partial charge in [-0.1, -0.05) is 27.7 Å². The number of Topliss-reactive ketones (excluding diaryl/α,β-unsaturated/α-hetero) is 1. The number of ether oxygens (including phenoxy) is 1. The van der Waals surface area contributed by atoms with Gasteiger partial charge in [-0.2, -0.15) is 0 Å². The minimum absolute atomic E-state index is 0.00842. The van der Waals surface area contributed by atoms with Crippen molar-refractivity contribution >= 4 is 22.7 Å². The molecule has 2 atom stereocenters. The van der Waals surface area contributed by atoms with Gasteiger partial charge < -0.3 is 15.2 Å². The summed E-state index contributed by atoms with van der Waals surface area (Å²) in [6, 6.07) is 7.09. The van der Waals surface area contributed by atoms with Crippen molar-refractivity contribution in [1.82, 2.24) is 10.2 Å². The van der Waals surface area contributed by atoms with Crippen LogP contribution in [0.3, 0.4) is 0 Å². The molecule has 0 aliphatic heterocycles. The van der Waals surface area contributed by atoms with Gasteiger partial charge in [0, 0.05) is 4.90 Å². The maximum Gasteiger partial charge on any atom is 0.221 e. The van der Waals surface area contributed by atoms with E-state index in [2.05, 4.69) is 18.7 Å². The molecular formula is C21H34N2O4S. The van der Waals surface area contributed by atoms with Gasteiger partial charge in [-0.3, -0.25) is 14.5 Å². The number of aliphatic hydroxyl groups excluding tert-OH is 1. The fourth-order valence-corrected chi connectivity index (χ4v) is 3.81. The van der Waals surface area contributed by atoms with Gasteiger partial charge in [0.15, 0.2) is 11.3 Å². The Morgan fingerprint density at radius 1 is 1.25 bits per heavy atom. The molecular weight excluding hydrogens is 376 g/mol. The van der Waals surface area contributed by atoms with E-state index in [0.717, 1.165) is 30.2 Å². The van der Waals surface area contributed by atoms with E-state index in [4.69, 9.17) is 6.15 Å². The van der Waals surface area contributed by atoms with Gasteiger partial charge in [-0.15, -0.1) is 0 Å². The Balaban J connectivity index is 3.00. The van der Waals surface area contributed by atoms with Crippen molar-refractivity contribution in [3.63, 3.8) is 0 Å². The maximum absolute atomic E-state index is 13.2. The predicted molar refractivity (Wildman–Crippen MR) is 114 cm³/mol. The molecule has 0 fully saturated rings. The van der Waals surface area contributed by atoms with E-state index in [-0.39, 0.29) is 12.3 Å². The Labute approximate surface area is 174 Å².